The first kappa shape index (κ1) is 19.0. The third-order valence-corrected chi connectivity index (χ3v) is 5.16. The van der Waals surface area contributed by atoms with E-state index in [9.17, 15) is 4.79 Å². The molecule has 142 valence electrons. The molecule has 3 aromatic heterocycles. The molecule has 0 spiro atoms. The number of carbonyl (C=O) groups excluding carboxylic acids is 1. The molecule has 0 fully saturated rings. The molecule has 8 heteroatoms. The van der Waals surface area contributed by atoms with E-state index in [2.05, 4.69) is 28.6 Å². The van der Waals surface area contributed by atoms with E-state index in [-0.39, 0.29) is 18.1 Å². The molecule has 1 N–H and O–H groups in total. The molecule has 0 unspecified atom stereocenters. The third-order valence-electron chi connectivity index (χ3n) is 4.00. The van der Waals surface area contributed by atoms with Crippen molar-refractivity contribution in [2.24, 2.45) is 5.16 Å². The maximum atomic E-state index is 12.2. The number of oxime groups is 1. The SMILES string of the molecule is Cc1nc(-c2ccc3c(n2)c(/C=N/O)cn3C(C)C)sc1C(=O)OC(C)C. The molecule has 0 bridgehead atoms. The number of rotatable bonds is 5. The van der Waals surface area contributed by atoms with E-state index >= 15 is 0 Å². The number of thiazole rings is 1. The minimum absolute atomic E-state index is 0.187. The van der Waals surface area contributed by atoms with E-state index in [1.165, 1.54) is 17.6 Å². The lowest BCUT2D eigenvalue weighted by Crippen LogP contribution is -2.11. The highest BCUT2D eigenvalue weighted by molar-refractivity contribution is 7.17. The van der Waals surface area contributed by atoms with Crippen molar-refractivity contribution in [3.63, 3.8) is 0 Å². The first-order valence-electron chi connectivity index (χ1n) is 8.69. The number of aromatic nitrogens is 3. The van der Waals surface area contributed by atoms with Gasteiger partial charge in [0.1, 0.15) is 9.88 Å². The fraction of sp³-hybridized carbons (Fsp3) is 0.368. The molecule has 0 aliphatic rings. The van der Waals surface area contributed by atoms with Crippen molar-refractivity contribution in [3.05, 3.63) is 34.5 Å². The van der Waals surface area contributed by atoms with Crippen molar-refractivity contribution < 1.29 is 14.7 Å². The summed E-state index contributed by atoms with van der Waals surface area (Å²) in [6.45, 7) is 9.56. The molecule has 3 heterocycles. The van der Waals surface area contributed by atoms with Gasteiger partial charge in [-0.15, -0.1) is 11.3 Å². The van der Waals surface area contributed by atoms with Gasteiger partial charge >= 0.3 is 5.97 Å². The second-order valence-corrected chi connectivity index (χ2v) is 7.78. The minimum atomic E-state index is -0.369. The molecule has 3 aromatic rings. The van der Waals surface area contributed by atoms with Gasteiger partial charge < -0.3 is 14.5 Å². The predicted molar refractivity (Wildman–Crippen MR) is 106 cm³/mol. The van der Waals surface area contributed by atoms with E-state index in [0.717, 1.165) is 16.6 Å². The average Bonchev–Trinajstić information content (AvgIpc) is 3.15. The first-order valence-corrected chi connectivity index (χ1v) is 9.51. The van der Waals surface area contributed by atoms with Gasteiger partial charge in [0.25, 0.3) is 0 Å². The Hall–Kier alpha value is -2.74. The fourth-order valence-electron chi connectivity index (χ4n) is 2.82. The van der Waals surface area contributed by atoms with Crippen molar-refractivity contribution in [2.45, 2.75) is 46.8 Å². The summed E-state index contributed by atoms with van der Waals surface area (Å²) in [6.07, 6.45) is 3.09. The number of hydrogen-bond donors (Lipinski definition) is 1. The highest BCUT2D eigenvalue weighted by Gasteiger charge is 2.20. The van der Waals surface area contributed by atoms with Gasteiger partial charge in [-0.05, 0) is 46.8 Å². The first-order chi connectivity index (χ1) is 12.8. The molecule has 3 rings (SSSR count). The van der Waals surface area contributed by atoms with Gasteiger partial charge in [0.2, 0.25) is 0 Å². The van der Waals surface area contributed by atoms with E-state index in [4.69, 9.17) is 14.9 Å². The van der Waals surface area contributed by atoms with Crippen LogP contribution in [0.1, 0.15) is 54.7 Å². The Morgan fingerprint density at radius 1 is 1.30 bits per heavy atom. The third kappa shape index (κ3) is 3.71. The van der Waals surface area contributed by atoms with Crippen LogP contribution in [-0.2, 0) is 4.74 Å². The second kappa shape index (κ2) is 7.48. The smallest absolute Gasteiger partial charge is 0.350 e. The van der Waals surface area contributed by atoms with Gasteiger partial charge in [0, 0.05) is 17.8 Å². The fourth-order valence-corrected chi connectivity index (χ4v) is 3.74. The van der Waals surface area contributed by atoms with Gasteiger partial charge in [0.15, 0.2) is 0 Å². The zero-order valence-corrected chi connectivity index (χ0v) is 16.7. The number of esters is 1. The highest BCUT2D eigenvalue weighted by Crippen LogP contribution is 2.30. The van der Waals surface area contributed by atoms with Crippen LogP contribution in [0, 0.1) is 6.92 Å². The molecule has 0 aliphatic carbocycles. The zero-order chi connectivity index (χ0) is 19.7. The number of fused-ring (bicyclic) bond motifs is 1. The van der Waals surface area contributed by atoms with Crippen LogP contribution in [0.4, 0.5) is 0 Å². The van der Waals surface area contributed by atoms with Crippen LogP contribution in [0.2, 0.25) is 0 Å². The summed E-state index contributed by atoms with van der Waals surface area (Å²) in [5.41, 5.74) is 3.66. The van der Waals surface area contributed by atoms with Crippen molar-refractivity contribution in [1.82, 2.24) is 14.5 Å². The monoisotopic (exact) mass is 386 g/mol. The van der Waals surface area contributed by atoms with Gasteiger partial charge in [-0.3, -0.25) is 0 Å². The number of pyridine rings is 1. The summed E-state index contributed by atoms with van der Waals surface area (Å²) in [6, 6.07) is 4.09. The number of aryl methyl sites for hydroxylation is 1. The van der Waals surface area contributed by atoms with E-state index in [1.54, 1.807) is 6.92 Å². The number of nitrogens with zero attached hydrogens (tertiary/aromatic N) is 4. The van der Waals surface area contributed by atoms with Crippen LogP contribution in [0.3, 0.4) is 0 Å². The van der Waals surface area contributed by atoms with Gasteiger partial charge in [-0.1, -0.05) is 5.16 Å². The highest BCUT2D eigenvalue weighted by atomic mass is 32.1. The van der Waals surface area contributed by atoms with Crippen LogP contribution in [0.25, 0.3) is 21.7 Å². The average molecular weight is 386 g/mol. The van der Waals surface area contributed by atoms with Crippen LogP contribution in [0.5, 0.6) is 0 Å². The Morgan fingerprint density at radius 3 is 2.67 bits per heavy atom. The molecule has 7 nitrogen and oxygen atoms in total. The van der Waals surface area contributed by atoms with E-state index < -0.39 is 0 Å². The summed E-state index contributed by atoms with van der Waals surface area (Å²) in [5.74, 6) is -0.369. The lowest BCUT2D eigenvalue weighted by Gasteiger charge is -2.08. The molecule has 0 aromatic carbocycles. The standard InChI is InChI=1S/C19H22N4O3S/c1-10(2)23-9-13(8-20-25)16-15(23)7-6-14(22-16)18-21-12(5)17(27-18)19(24)26-11(3)4/h6-11,25H,1-5H3/b20-8+. The lowest BCUT2D eigenvalue weighted by atomic mass is 10.2. The summed E-state index contributed by atoms with van der Waals surface area (Å²) >= 11 is 1.27. The Bertz CT molecular complexity index is 1020. The second-order valence-electron chi connectivity index (χ2n) is 6.78. The predicted octanol–water partition coefficient (Wildman–Crippen LogP) is 4.42. The molecule has 0 saturated heterocycles. The largest absolute Gasteiger partial charge is 0.459 e. The Morgan fingerprint density at radius 2 is 2.04 bits per heavy atom. The molecule has 0 aliphatic heterocycles. The van der Waals surface area contributed by atoms with Gasteiger partial charge in [-0.25, -0.2) is 14.8 Å². The summed E-state index contributed by atoms with van der Waals surface area (Å²) in [5, 5.41) is 12.8. The van der Waals surface area contributed by atoms with E-state index in [1.807, 2.05) is 32.2 Å². The number of carbonyl (C=O) groups is 1. The van der Waals surface area contributed by atoms with Crippen molar-refractivity contribution in [2.75, 3.05) is 0 Å². The number of ether oxygens (including phenoxy) is 1. The molecule has 0 atom stereocenters. The van der Waals surface area contributed by atoms with Gasteiger partial charge in [0.05, 0.1) is 34.7 Å². The Labute approximate surface area is 161 Å². The Kier molecular flexibility index (Phi) is 5.27. The van der Waals surface area contributed by atoms with Crippen molar-refractivity contribution in [3.8, 4) is 10.7 Å². The summed E-state index contributed by atoms with van der Waals surface area (Å²) < 4.78 is 7.35. The van der Waals surface area contributed by atoms with E-state index in [0.29, 0.717) is 21.3 Å². The zero-order valence-electron chi connectivity index (χ0n) is 15.9. The van der Waals surface area contributed by atoms with Gasteiger partial charge in [-0.2, -0.15) is 0 Å². The van der Waals surface area contributed by atoms with Crippen LogP contribution in [0.15, 0.2) is 23.5 Å². The molecule has 0 saturated carbocycles. The topological polar surface area (TPSA) is 89.6 Å². The molecule has 0 radical (unpaired) electrons. The summed E-state index contributed by atoms with van der Waals surface area (Å²) in [4.78, 5) is 21.9. The lowest BCUT2D eigenvalue weighted by molar-refractivity contribution is 0.0382. The summed E-state index contributed by atoms with van der Waals surface area (Å²) in [7, 11) is 0. The van der Waals surface area contributed by atoms with Crippen molar-refractivity contribution in [1.29, 1.82) is 0 Å². The van der Waals surface area contributed by atoms with Crippen LogP contribution >= 0.6 is 11.3 Å². The maximum absolute atomic E-state index is 12.2. The van der Waals surface area contributed by atoms with Crippen LogP contribution in [-0.4, -0.2) is 38.0 Å². The number of hydrogen-bond acceptors (Lipinski definition) is 7. The van der Waals surface area contributed by atoms with Crippen LogP contribution < -0.4 is 0 Å². The molecular weight excluding hydrogens is 364 g/mol. The van der Waals surface area contributed by atoms with Crippen molar-refractivity contribution >= 4 is 34.6 Å². The molecular formula is C19H22N4O3S. The quantitative estimate of drug-likeness (QED) is 0.303. The molecule has 0 amide bonds. The maximum Gasteiger partial charge on any atom is 0.350 e. The molecule has 27 heavy (non-hydrogen) atoms. The minimum Gasteiger partial charge on any atom is -0.459 e. The Balaban J connectivity index is 2.08. The normalized spacial score (nSPS) is 12.0.